The molecule has 0 unspecified atom stereocenters. The van der Waals surface area contributed by atoms with Crippen molar-refractivity contribution in [1.29, 1.82) is 0 Å². The fourth-order valence-corrected chi connectivity index (χ4v) is 3.52. The first-order valence-electron chi connectivity index (χ1n) is 3.00. The molecular weight excluding hydrogens is 296 g/mol. The maximum atomic E-state index is 12.4. The molecule has 0 saturated carbocycles. The van der Waals surface area contributed by atoms with E-state index in [1.807, 2.05) is 0 Å². The third kappa shape index (κ3) is 2.28. The molecule has 1 heterocycles. The monoisotopic (exact) mass is 296 g/mol. The van der Waals surface area contributed by atoms with Gasteiger partial charge in [0.1, 0.15) is 0 Å². The Balaban J connectivity index is 3.10. The van der Waals surface area contributed by atoms with E-state index in [2.05, 4.69) is 0 Å². The first-order chi connectivity index (χ1) is 6.41. The van der Waals surface area contributed by atoms with Gasteiger partial charge in [0.25, 0.3) is 0 Å². The molecular formula is C4F8S3. The zero-order chi connectivity index (χ0) is 12.1. The van der Waals surface area contributed by atoms with Crippen LogP contribution in [0.15, 0.2) is 0 Å². The van der Waals surface area contributed by atoms with Crippen LogP contribution in [-0.2, 0) is 0 Å². The van der Waals surface area contributed by atoms with Crippen molar-refractivity contribution in [2.24, 2.45) is 0 Å². The predicted molar refractivity (Wildman–Crippen MR) is 42.6 cm³/mol. The molecule has 11 heteroatoms. The van der Waals surface area contributed by atoms with Crippen molar-refractivity contribution >= 4 is 33.3 Å². The van der Waals surface area contributed by atoms with E-state index in [1.54, 1.807) is 0 Å². The van der Waals surface area contributed by atoms with E-state index in [9.17, 15) is 35.1 Å². The van der Waals surface area contributed by atoms with E-state index in [4.69, 9.17) is 0 Å². The molecule has 1 rings (SSSR count). The van der Waals surface area contributed by atoms with Gasteiger partial charge in [-0.2, -0.15) is 35.1 Å². The normalized spacial score (nSPS) is 32.0. The van der Waals surface area contributed by atoms with E-state index in [0.717, 1.165) is 0 Å². The Morgan fingerprint density at radius 3 is 1.00 bits per heavy atom. The molecule has 15 heavy (non-hydrogen) atoms. The Hall–Kier alpha value is 0.490. The Morgan fingerprint density at radius 2 is 0.733 bits per heavy atom. The minimum atomic E-state index is -5.26. The summed E-state index contributed by atoms with van der Waals surface area (Å²) >= 11 is -2.03. The van der Waals surface area contributed by atoms with Crippen molar-refractivity contribution in [3.8, 4) is 0 Å². The van der Waals surface area contributed by atoms with Crippen molar-refractivity contribution in [3.05, 3.63) is 0 Å². The van der Waals surface area contributed by atoms with Crippen molar-refractivity contribution in [1.82, 2.24) is 0 Å². The van der Waals surface area contributed by atoms with Gasteiger partial charge in [-0.05, 0) is 21.6 Å². The lowest BCUT2D eigenvalue weighted by Gasteiger charge is -2.24. The molecule has 90 valence electrons. The summed E-state index contributed by atoms with van der Waals surface area (Å²) in [6.45, 7) is 0. The maximum Gasteiger partial charge on any atom is 0.375 e. The van der Waals surface area contributed by atoms with Gasteiger partial charge in [-0.15, -0.1) is 0 Å². The van der Waals surface area contributed by atoms with Gasteiger partial charge in [0, 0.05) is 11.8 Å². The molecule has 1 fully saturated rings. The summed E-state index contributed by atoms with van der Waals surface area (Å²) in [5.74, 6) is 0. The SMILES string of the molecule is FC1(F)SSC(F)(F)C(F)(F)SC1(F)F. The second kappa shape index (κ2) is 3.49. The van der Waals surface area contributed by atoms with Gasteiger partial charge in [0.2, 0.25) is 0 Å². The largest absolute Gasteiger partial charge is 0.375 e. The van der Waals surface area contributed by atoms with Crippen LogP contribution in [0.2, 0.25) is 0 Å². The molecule has 0 nitrogen and oxygen atoms in total. The number of hydrogen-bond acceptors (Lipinski definition) is 3. The first-order valence-corrected chi connectivity index (χ1v) is 5.96. The highest BCUT2D eigenvalue weighted by molar-refractivity contribution is 8.77. The summed E-state index contributed by atoms with van der Waals surface area (Å²) in [5, 5.41) is -20.5. The van der Waals surface area contributed by atoms with E-state index in [0.29, 0.717) is 0 Å². The number of thioether (sulfide) groups is 1. The summed E-state index contributed by atoms with van der Waals surface area (Å²) < 4.78 is 99.5. The molecule has 0 aliphatic carbocycles. The van der Waals surface area contributed by atoms with E-state index in [1.165, 1.54) is 0 Å². The summed E-state index contributed by atoms with van der Waals surface area (Å²) in [4.78, 5) is 0. The van der Waals surface area contributed by atoms with Crippen molar-refractivity contribution in [2.45, 2.75) is 21.0 Å². The van der Waals surface area contributed by atoms with Crippen molar-refractivity contribution < 1.29 is 35.1 Å². The smallest absolute Gasteiger partial charge is 0.186 e. The van der Waals surface area contributed by atoms with Gasteiger partial charge in [-0.3, -0.25) is 0 Å². The second-order valence-electron chi connectivity index (χ2n) is 2.34. The minimum absolute atomic E-state index is 1.26. The highest BCUT2D eigenvalue weighted by atomic mass is 33.1. The molecule has 0 aromatic carbocycles. The quantitative estimate of drug-likeness (QED) is 0.477. The predicted octanol–water partition coefficient (Wildman–Crippen LogP) is 4.49. The Kier molecular flexibility index (Phi) is 3.15. The number of halogens is 8. The summed E-state index contributed by atoms with van der Waals surface area (Å²) in [6.07, 6.45) is 0. The molecule has 0 aromatic rings. The molecule has 0 aromatic heterocycles. The molecule has 0 bridgehead atoms. The fraction of sp³-hybridized carbons (Fsp3) is 1.00. The van der Waals surface area contributed by atoms with Crippen LogP contribution in [0.1, 0.15) is 0 Å². The molecule has 0 radical (unpaired) electrons. The Labute approximate surface area is 89.9 Å². The molecule has 0 N–H and O–H groups in total. The summed E-state index contributed by atoms with van der Waals surface area (Å²) in [6, 6.07) is 0. The third-order valence-corrected chi connectivity index (χ3v) is 4.99. The highest BCUT2D eigenvalue weighted by Gasteiger charge is 2.73. The van der Waals surface area contributed by atoms with Crippen LogP contribution in [0.3, 0.4) is 0 Å². The van der Waals surface area contributed by atoms with Gasteiger partial charge >= 0.3 is 21.0 Å². The van der Waals surface area contributed by atoms with Gasteiger partial charge in [-0.1, -0.05) is 0 Å². The van der Waals surface area contributed by atoms with Crippen LogP contribution in [0, 0.1) is 0 Å². The van der Waals surface area contributed by atoms with Crippen molar-refractivity contribution in [2.75, 3.05) is 0 Å². The molecule has 0 spiro atoms. The zero-order valence-corrected chi connectivity index (χ0v) is 8.70. The molecule has 1 aliphatic heterocycles. The standard InChI is InChI=1S/C4F8S3/c5-1(6)3(9,10)14-15-4(11,12)2(7,8)13-1. The van der Waals surface area contributed by atoms with Gasteiger partial charge in [0.05, 0.1) is 0 Å². The lowest BCUT2D eigenvalue weighted by atomic mass is 10.7. The van der Waals surface area contributed by atoms with Crippen LogP contribution in [-0.4, -0.2) is 21.0 Å². The highest BCUT2D eigenvalue weighted by Crippen LogP contribution is 2.68. The topological polar surface area (TPSA) is 0 Å². The number of rotatable bonds is 0. The molecule has 1 aliphatic rings. The minimum Gasteiger partial charge on any atom is -0.186 e. The lowest BCUT2D eigenvalue weighted by Crippen LogP contribution is -2.39. The van der Waals surface area contributed by atoms with Gasteiger partial charge < -0.3 is 0 Å². The van der Waals surface area contributed by atoms with Gasteiger partial charge in [0.15, 0.2) is 0 Å². The summed E-state index contributed by atoms with van der Waals surface area (Å²) in [7, 11) is -2.52. The lowest BCUT2D eigenvalue weighted by molar-refractivity contribution is -0.105. The van der Waals surface area contributed by atoms with E-state index < -0.39 is 54.4 Å². The third-order valence-electron chi connectivity index (χ3n) is 1.19. The first kappa shape index (κ1) is 13.6. The average Bonchev–Trinajstić information content (AvgIpc) is 2.00. The van der Waals surface area contributed by atoms with Crippen LogP contribution in [0.5, 0.6) is 0 Å². The summed E-state index contributed by atoms with van der Waals surface area (Å²) in [5.41, 5.74) is 0. The van der Waals surface area contributed by atoms with Gasteiger partial charge in [-0.25, -0.2) is 0 Å². The Morgan fingerprint density at radius 1 is 0.467 bits per heavy atom. The van der Waals surface area contributed by atoms with Crippen molar-refractivity contribution in [3.63, 3.8) is 0 Å². The fourth-order valence-electron chi connectivity index (χ4n) is 0.481. The second-order valence-corrected chi connectivity index (χ2v) is 5.92. The Bertz CT molecular complexity index is 237. The van der Waals surface area contributed by atoms with Crippen LogP contribution in [0.25, 0.3) is 0 Å². The number of hydrogen-bond donors (Lipinski definition) is 0. The van der Waals surface area contributed by atoms with E-state index >= 15 is 0 Å². The average molecular weight is 296 g/mol. The zero-order valence-electron chi connectivity index (χ0n) is 6.25. The van der Waals surface area contributed by atoms with Crippen LogP contribution < -0.4 is 0 Å². The van der Waals surface area contributed by atoms with E-state index in [-0.39, 0.29) is 0 Å². The molecule has 0 atom stereocenters. The van der Waals surface area contributed by atoms with Crippen LogP contribution in [0.4, 0.5) is 35.1 Å². The maximum absolute atomic E-state index is 12.4. The van der Waals surface area contributed by atoms with Crippen LogP contribution >= 0.6 is 33.3 Å². The molecule has 1 saturated heterocycles. The molecule has 0 amide bonds. The number of alkyl halides is 8.